The number of carbonyl (C=O) groups excluding carboxylic acids is 2. The van der Waals surface area contributed by atoms with Gasteiger partial charge in [-0.15, -0.1) is 0 Å². The minimum absolute atomic E-state index is 0.0409. The van der Waals surface area contributed by atoms with Crippen molar-refractivity contribution in [3.63, 3.8) is 0 Å². The summed E-state index contributed by atoms with van der Waals surface area (Å²) in [5.41, 5.74) is 2.36. The highest BCUT2D eigenvalue weighted by Crippen LogP contribution is 2.31. The third-order valence-electron chi connectivity index (χ3n) is 3.81. The van der Waals surface area contributed by atoms with Crippen LogP contribution < -0.4 is 15.4 Å². The van der Waals surface area contributed by atoms with E-state index in [2.05, 4.69) is 47.3 Å². The zero-order chi connectivity index (χ0) is 19.3. The second kappa shape index (κ2) is 8.36. The van der Waals surface area contributed by atoms with E-state index in [4.69, 9.17) is 4.74 Å². The van der Waals surface area contributed by atoms with Gasteiger partial charge in [-0.25, -0.2) is 0 Å². The molecule has 2 rings (SSSR count). The van der Waals surface area contributed by atoms with E-state index < -0.39 is 0 Å². The summed E-state index contributed by atoms with van der Waals surface area (Å²) < 4.78 is 6.41. The lowest BCUT2D eigenvalue weighted by molar-refractivity contribution is -0.118. The van der Waals surface area contributed by atoms with E-state index in [0.29, 0.717) is 17.0 Å². The molecule has 2 N–H and O–H groups in total. The lowest BCUT2D eigenvalue weighted by Gasteiger charge is -2.20. The first-order valence-electron chi connectivity index (χ1n) is 8.25. The number of hydrogen-bond acceptors (Lipinski definition) is 3. The van der Waals surface area contributed by atoms with Gasteiger partial charge in [0.1, 0.15) is 5.75 Å². The van der Waals surface area contributed by atoms with Crippen LogP contribution in [0.4, 0.5) is 5.69 Å². The lowest BCUT2D eigenvalue weighted by atomic mass is 9.87. The number of rotatable bonds is 5. The van der Waals surface area contributed by atoms with Crippen LogP contribution >= 0.6 is 15.9 Å². The maximum absolute atomic E-state index is 12.1. The summed E-state index contributed by atoms with van der Waals surface area (Å²) in [7, 11) is 1.57. The van der Waals surface area contributed by atoms with Gasteiger partial charge in [0, 0.05) is 18.3 Å². The summed E-state index contributed by atoms with van der Waals surface area (Å²) in [6, 6.07) is 12.5. The second-order valence-electron chi connectivity index (χ2n) is 6.89. The summed E-state index contributed by atoms with van der Waals surface area (Å²) >= 11 is 3.49. The molecule has 0 aromatic heterocycles. The first kappa shape index (κ1) is 20.0. The van der Waals surface area contributed by atoms with Crippen LogP contribution in [-0.2, 0) is 10.2 Å². The van der Waals surface area contributed by atoms with E-state index in [1.54, 1.807) is 31.3 Å². The molecule has 0 bridgehead atoms. The molecule has 138 valence electrons. The quantitative estimate of drug-likeness (QED) is 0.766. The Kier molecular flexibility index (Phi) is 6.42. The Morgan fingerprint density at radius 2 is 1.73 bits per heavy atom. The SMILES string of the molecule is CNC(=O)c1ccc(NC(=O)COc2ccc(C(C)(C)C)cc2Br)cc1. The van der Waals surface area contributed by atoms with Crippen LogP contribution in [0.1, 0.15) is 36.7 Å². The second-order valence-corrected chi connectivity index (χ2v) is 7.74. The van der Waals surface area contributed by atoms with Crippen molar-refractivity contribution in [2.24, 2.45) is 0 Å². The standard InChI is InChI=1S/C20H23BrN2O3/c1-20(2,3)14-7-10-17(16(21)11-14)26-12-18(24)23-15-8-5-13(6-9-15)19(25)22-4/h5-11H,12H2,1-4H3,(H,22,25)(H,23,24). The first-order chi connectivity index (χ1) is 12.2. The predicted octanol–water partition coefficient (Wildman–Crippen LogP) is 4.12. The van der Waals surface area contributed by atoms with Crippen molar-refractivity contribution >= 4 is 33.4 Å². The van der Waals surface area contributed by atoms with Crippen molar-refractivity contribution < 1.29 is 14.3 Å². The van der Waals surface area contributed by atoms with Crippen LogP contribution in [0.2, 0.25) is 0 Å². The van der Waals surface area contributed by atoms with E-state index in [1.165, 1.54) is 5.56 Å². The Morgan fingerprint density at radius 1 is 1.08 bits per heavy atom. The number of benzene rings is 2. The Morgan fingerprint density at radius 3 is 2.27 bits per heavy atom. The number of carbonyl (C=O) groups is 2. The maximum Gasteiger partial charge on any atom is 0.262 e. The third kappa shape index (κ3) is 5.33. The van der Waals surface area contributed by atoms with Gasteiger partial charge < -0.3 is 15.4 Å². The fourth-order valence-corrected chi connectivity index (χ4v) is 2.77. The van der Waals surface area contributed by atoms with Crippen molar-refractivity contribution in [1.29, 1.82) is 0 Å². The molecule has 2 aromatic rings. The average molecular weight is 419 g/mol. The van der Waals surface area contributed by atoms with Gasteiger partial charge in [-0.3, -0.25) is 9.59 Å². The largest absolute Gasteiger partial charge is 0.483 e. The van der Waals surface area contributed by atoms with Crippen molar-refractivity contribution in [2.75, 3.05) is 19.0 Å². The highest BCUT2D eigenvalue weighted by Gasteiger charge is 2.15. The van der Waals surface area contributed by atoms with Crippen LogP contribution in [0, 0.1) is 0 Å². The van der Waals surface area contributed by atoms with Gasteiger partial charge in [-0.2, -0.15) is 0 Å². The van der Waals surface area contributed by atoms with Crippen molar-refractivity contribution in [2.45, 2.75) is 26.2 Å². The molecule has 2 amide bonds. The number of hydrogen-bond donors (Lipinski definition) is 2. The molecule has 26 heavy (non-hydrogen) atoms. The van der Waals surface area contributed by atoms with Crippen molar-refractivity contribution in [1.82, 2.24) is 5.32 Å². The first-order valence-corrected chi connectivity index (χ1v) is 9.05. The number of nitrogens with one attached hydrogen (secondary N) is 2. The van der Waals surface area contributed by atoms with Crippen LogP contribution in [0.15, 0.2) is 46.9 Å². The van der Waals surface area contributed by atoms with Gasteiger partial charge >= 0.3 is 0 Å². The minimum Gasteiger partial charge on any atom is -0.483 e. The molecule has 0 aliphatic heterocycles. The fourth-order valence-electron chi connectivity index (χ4n) is 2.27. The topological polar surface area (TPSA) is 67.4 Å². The third-order valence-corrected chi connectivity index (χ3v) is 4.43. The molecule has 0 radical (unpaired) electrons. The molecule has 0 spiro atoms. The predicted molar refractivity (Wildman–Crippen MR) is 107 cm³/mol. The van der Waals surface area contributed by atoms with E-state index in [9.17, 15) is 9.59 Å². The molecule has 0 fully saturated rings. The highest BCUT2D eigenvalue weighted by molar-refractivity contribution is 9.10. The summed E-state index contributed by atoms with van der Waals surface area (Å²) in [5, 5.41) is 5.29. The maximum atomic E-state index is 12.1. The Bertz CT molecular complexity index is 796. The summed E-state index contributed by atoms with van der Waals surface area (Å²) in [6.45, 7) is 6.30. The smallest absolute Gasteiger partial charge is 0.262 e. The molecule has 0 aliphatic rings. The minimum atomic E-state index is -0.274. The number of halogens is 1. The van der Waals surface area contributed by atoms with Gasteiger partial charge in [-0.1, -0.05) is 26.8 Å². The van der Waals surface area contributed by atoms with E-state index >= 15 is 0 Å². The molecule has 0 atom stereocenters. The lowest BCUT2D eigenvalue weighted by Crippen LogP contribution is -2.21. The fraction of sp³-hybridized carbons (Fsp3) is 0.300. The van der Waals surface area contributed by atoms with Gasteiger partial charge in [0.05, 0.1) is 4.47 Å². The summed E-state index contributed by atoms with van der Waals surface area (Å²) in [5.74, 6) is 0.169. The summed E-state index contributed by atoms with van der Waals surface area (Å²) in [4.78, 5) is 23.6. The van der Waals surface area contributed by atoms with Gasteiger partial charge in [0.2, 0.25) is 0 Å². The van der Waals surface area contributed by atoms with Crippen molar-refractivity contribution in [3.8, 4) is 5.75 Å². The molecule has 5 nitrogen and oxygen atoms in total. The average Bonchev–Trinajstić information content (AvgIpc) is 2.59. The molecular formula is C20H23BrN2O3. The summed E-state index contributed by atoms with van der Waals surface area (Å²) in [6.07, 6.45) is 0. The Labute approximate surface area is 162 Å². The molecule has 2 aromatic carbocycles. The van der Waals surface area contributed by atoms with Crippen LogP contribution in [0.25, 0.3) is 0 Å². The van der Waals surface area contributed by atoms with Crippen molar-refractivity contribution in [3.05, 3.63) is 58.1 Å². The van der Waals surface area contributed by atoms with Gasteiger partial charge in [-0.05, 0) is 63.3 Å². The number of anilines is 1. The number of amides is 2. The van der Waals surface area contributed by atoms with Gasteiger partial charge in [0.15, 0.2) is 6.61 Å². The van der Waals surface area contributed by atoms with Crippen LogP contribution in [0.5, 0.6) is 5.75 Å². The van der Waals surface area contributed by atoms with Crippen LogP contribution in [0.3, 0.4) is 0 Å². The molecule has 0 unspecified atom stereocenters. The Balaban J connectivity index is 1.93. The molecule has 0 heterocycles. The molecule has 6 heteroatoms. The van der Waals surface area contributed by atoms with E-state index in [-0.39, 0.29) is 23.8 Å². The van der Waals surface area contributed by atoms with E-state index in [0.717, 1.165) is 4.47 Å². The molecule has 0 saturated carbocycles. The zero-order valence-corrected chi connectivity index (χ0v) is 16.9. The van der Waals surface area contributed by atoms with Gasteiger partial charge in [0.25, 0.3) is 11.8 Å². The molecule has 0 saturated heterocycles. The van der Waals surface area contributed by atoms with E-state index in [1.807, 2.05) is 18.2 Å². The normalized spacial score (nSPS) is 11.0. The Hall–Kier alpha value is -2.34. The van der Waals surface area contributed by atoms with Crippen LogP contribution in [-0.4, -0.2) is 25.5 Å². The number of ether oxygens (including phenoxy) is 1. The molecular weight excluding hydrogens is 396 g/mol. The monoisotopic (exact) mass is 418 g/mol. The molecule has 0 aliphatic carbocycles. The highest BCUT2D eigenvalue weighted by atomic mass is 79.9. The zero-order valence-electron chi connectivity index (χ0n) is 15.4.